The van der Waals surface area contributed by atoms with Gasteiger partial charge in [-0.2, -0.15) is 0 Å². The molecular weight excluding hydrogens is 224 g/mol. The molecule has 1 aromatic carbocycles. The Labute approximate surface area is 111 Å². The SMILES string of the molecule is CN(C)CC(N)COc1cccc(C(C)(C)C)c1. The molecule has 1 atom stereocenters. The van der Waals surface area contributed by atoms with Crippen molar-refractivity contribution in [2.45, 2.75) is 32.2 Å². The Morgan fingerprint density at radius 1 is 1.28 bits per heavy atom. The van der Waals surface area contributed by atoms with Crippen molar-refractivity contribution >= 4 is 0 Å². The highest BCUT2D eigenvalue weighted by Gasteiger charge is 2.14. The number of rotatable bonds is 5. The van der Waals surface area contributed by atoms with E-state index < -0.39 is 0 Å². The molecule has 3 nitrogen and oxygen atoms in total. The maximum atomic E-state index is 5.98. The predicted molar refractivity (Wildman–Crippen MR) is 77.2 cm³/mol. The second-order valence-electron chi connectivity index (χ2n) is 6.11. The van der Waals surface area contributed by atoms with E-state index in [4.69, 9.17) is 10.5 Å². The normalized spacial score (nSPS) is 13.7. The second-order valence-corrected chi connectivity index (χ2v) is 6.11. The Hall–Kier alpha value is -1.06. The van der Waals surface area contributed by atoms with Crippen LogP contribution in [0, 0.1) is 0 Å². The van der Waals surface area contributed by atoms with E-state index in [-0.39, 0.29) is 11.5 Å². The molecule has 0 amide bonds. The molecule has 0 aliphatic rings. The van der Waals surface area contributed by atoms with Crippen LogP contribution in [0.25, 0.3) is 0 Å². The monoisotopic (exact) mass is 250 g/mol. The Morgan fingerprint density at radius 2 is 1.94 bits per heavy atom. The van der Waals surface area contributed by atoms with Crippen molar-refractivity contribution in [3.05, 3.63) is 29.8 Å². The molecule has 0 fully saturated rings. The van der Waals surface area contributed by atoms with Crippen molar-refractivity contribution in [3.8, 4) is 5.75 Å². The van der Waals surface area contributed by atoms with Gasteiger partial charge in [0.25, 0.3) is 0 Å². The van der Waals surface area contributed by atoms with Gasteiger partial charge in [0.1, 0.15) is 12.4 Å². The van der Waals surface area contributed by atoms with Gasteiger partial charge in [-0.1, -0.05) is 32.9 Å². The average Bonchev–Trinajstić information content (AvgIpc) is 2.25. The van der Waals surface area contributed by atoms with Crippen LogP contribution in [0.2, 0.25) is 0 Å². The molecule has 0 spiro atoms. The molecule has 0 saturated carbocycles. The maximum absolute atomic E-state index is 5.98. The fraction of sp³-hybridized carbons (Fsp3) is 0.600. The molecule has 1 unspecified atom stereocenters. The quantitative estimate of drug-likeness (QED) is 0.871. The molecule has 0 aliphatic heterocycles. The zero-order valence-electron chi connectivity index (χ0n) is 12.2. The number of nitrogens with two attached hydrogens (primary N) is 1. The van der Waals surface area contributed by atoms with Gasteiger partial charge in [-0.05, 0) is 37.2 Å². The molecule has 3 heteroatoms. The van der Waals surface area contributed by atoms with Gasteiger partial charge in [0.2, 0.25) is 0 Å². The van der Waals surface area contributed by atoms with Gasteiger partial charge in [-0.3, -0.25) is 0 Å². The molecule has 0 radical (unpaired) electrons. The fourth-order valence-corrected chi connectivity index (χ4v) is 1.78. The molecule has 0 saturated heterocycles. The fourth-order valence-electron chi connectivity index (χ4n) is 1.78. The van der Waals surface area contributed by atoms with Crippen LogP contribution >= 0.6 is 0 Å². The Bertz CT molecular complexity index is 369. The lowest BCUT2D eigenvalue weighted by atomic mass is 9.87. The van der Waals surface area contributed by atoms with Crippen molar-refractivity contribution in [2.24, 2.45) is 5.73 Å². The third-order valence-corrected chi connectivity index (χ3v) is 2.76. The molecule has 1 rings (SSSR count). The first-order chi connectivity index (χ1) is 8.29. The highest BCUT2D eigenvalue weighted by Crippen LogP contribution is 2.25. The van der Waals surface area contributed by atoms with Crippen LogP contribution in [-0.2, 0) is 5.41 Å². The smallest absolute Gasteiger partial charge is 0.119 e. The molecule has 1 aromatic rings. The van der Waals surface area contributed by atoms with Gasteiger partial charge in [0, 0.05) is 6.54 Å². The zero-order valence-corrected chi connectivity index (χ0v) is 12.2. The van der Waals surface area contributed by atoms with Crippen molar-refractivity contribution < 1.29 is 4.74 Å². The molecule has 0 heterocycles. The van der Waals surface area contributed by atoms with Crippen LogP contribution in [-0.4, -0.2) is 38.2 Å². The van der Waals surface area contributed by atoms with E-state index >= 15 is 0 Å². The summed E-state index contributed by atoms with van der Waals surface area (Å²) in [5, 5.41) is 0. The van der Waals surface area contributed by atoms with Crippen LogP contribution in [0.1, 0.15) is 26.3 Å². The minimum atomic E-state index is 0.0401. The molecule has 0 aromatic heterocycles. The van der Waals surface area contributed by atoms with Crippen LogP contribution in [0.4, 0.5) is 0 Å². The topological polar surface area (TPSA) is 38.5 Å². The van der Waals surface area contributed by atoms with Gasteiger partial charge < -0.3 is 15.4 Å². The highest BCUT2D eigenvalue weighted by molar-refractivity contribution is 5.32. The minimum Gasteiger partial charge on any atom is -0.492 e. The second kappa shape index (κ2) is 6.21. The zero-order chi connectivity index (χ0) is 13.8. The summed E-state index contributed by atoms with van der Waals surface area (Å²) in [6, 6.07) is 8.29. The van der Waals surface area contributed by atoms with Crippen LogP contribution in [0.3, 0.4) is 0 Å². The van der Waals surface area contributed by atoms with Gasteiger partial charge in [-0.25, -0.2) is 0 Å². The lowest BCUT2D eigenvalue weighted by Gasteiger charge is -2.21. The molecular formula is C15H26N2O. The standard InChI is InChI=1S/C15H26N2O/c1-15(2,3)12-7-6-8-14(9-12)18-11-13(16)10-17(4)5/h6-9,13H,10-11,16H2,1-5H3. The summed E-state index contributed by atoms with van der Waals surface area (Å²) in [6.07, 6.45) is 0. The number of ether oxygens (including phenoxy) is 1. The lowest BCUT2D eigenvalue weighted by Crippen LogP contribution is -2.37. The van der Waals surface area contributed by atoms with E-state index in [2.05, 4.69) is 37.8 Å². The highest BCUT2D eigenvalue weighted by atomic mass is 16.5. The first-order valence-electron chi connectivity index (χ1n) is 6.42. The predicted octanol–water partition coefficient (Wildman–Crippen LogP) is 2.25. The third kappa shape index (κ3) is 5.07. The third-order valence-electron chi connectivity index (χ3n) is 2.76. The van der Waals surface area contributed by atoms with Crippen molar-refractivity contribution in [1.82, 2.24) is 4.90 Å². The summed E-state index contributed by atoms with van der Waals surface area (Å²) in [4.78, 5) is 2.07. The summed E-state index contributed by atoms with van der Waals surface area (Å²) in [5.74, 6) is 0.900. The van der Waals surface area contributed by atoms with Gasteiger partial charge in [0.15, 0.2) is 0 Å². The minimum absolute atomic E-state index is 0.0401. The molecule has 0 aliphatic carbocycles. The van der Waals surface area contributed by atoms with E-state index in [1.165, 1.54) is 5.56 Å². The van der Waals surface area contributed by atoms with E-state index in [1.54, 1.807) is 0 Å². The number of nitrogens with zero attached hydrogens (tertiary/aromatic N) is 1. The van der Waals surface area contributed by atoms with E-state index in [9.17, 15) is 0 Å². The van der Waals surface area contributed by atoms with Gasteiger partial charge in [0.05, 0.1) is 6.04 Å². The van der Waals surface area contributed by atoms with Crippen molar-refractivity contribution in [3.63, 3.8) is 0 Å². The number of benzene rings is 1. The maximum Gasteiger partial charge on any atom is 0.119 e. The molecule has 102 valence electrons. The summed E-state index contributed by atoms with van der Waals surface area (Å²) < 4.78 is 5.75. The van der Waals surface area contributed by atoms with Crippen molar-refractivity contribution in [1.29, 1.82) is 0 Å². The van der Waals surface area contributed by atoms with Gasteiger partial charge >= 0.3 is 0 Å². The first-order valence-corrected chi connectivity index (χ1v) is 6.42. The lowest BCUT2D eigenvalue weighted by molar-refractivity contribution is 0.254. The Morgan fingerprint density at radius 3 is 2.50 bits per heavy atom. The first kappa shape index (κ1) is 15.0. The van der Waals surface area contributed by atoms with Crippen LogP contribution in [0.15, 0.2) is 24.3 Å². The van der Waals surface area contributed by atoms with Gasteiger partial charge in [-0.15, -0.1) is 0 Å². The number of likely N-dealkylation sites (N-methyl/N-ethyl adjacent to an activating group) is 1. The summed E-state index contributed by atoms with van der Waals surface area (Å²) in [5.41, 5.74) is 7.40. The number of hydrogen-bond acceptors (Lipinski definition) is 3. The van der Waals surface area contributed by atoms with Crippen LogP contribution < -0.4 is 10.5 Å². The Kier molecular flexibility index (Phi) is 5.17. The van der Waals surface area contributed by atoms with Crippen molar-refractivity contribution in [2.75, 3.05) is 27.2 Å². The summed E-state index contributed by atoms with van der Waals surface area (Å²) in [6.45, 7) is 7.97. The van der Waals surface area contributed by atoms with E-state index in [0.717, 1.165) is 12.3 Å². The number of hydrogen-bond donors (Lipinski definition) is 1. The molecule has 18 heavy (non-hydrogen) atoms. The summed E-state index contributed by atoms with van der Waals surface area (Å²) >= 11 is 0. The van der Waals surface area contributed by atoms with E-state index in [1.807, 2.05) is 26.2 Å². The molecule has 0 bridgehead atoms. The van der Waals surface area contributed by atoms with Crippen LogP contribution in [0.5, 0.6) is 5.75 Å². The Balaban J connectivity index is 2.58. The molecule has 2 N–H and O–H groups in total. The summed E-state index contributed by atoms with van der Waals surface area (Å²) in [7, 11) is 4.03. The van der Waals surface area contributed by atoms with E-state index in [0.29, 0.717) is 6.61 Å². The average molecular weight is 250 g/mol. The largest absolute Gasteiger partial charge is 0.492 e.